The SMILES string of the molecule is CC(C)(CNC(=O)c1cc(F)c(F)c(F)c1)NS(C)(=O)=O. The quantitative estimate of drug-likeness (QED) is 0.798. The molecule has 0 heterocycles. The summed E-state index contributed by atoms with van der Waals surface area (Å²) in [5, 5.41) is 2.31. The molecule has 0 aromatic heterocycles. The van der Waals surface area contributed by atoms with Gasteiger partial charge in [0.1, 0.15) is 0 Å². The van der Waals surface area contributed by atoms with Crippen LogP contribution < -0.4 is 10.0 Å². The summed E-state index contributed by atoms with van der Waals surface area (Å²) in [4.78, 5) is 11.7. The first-order chi connectivity index (χ1) is 9.41. The predicted octanol–water partition coefficient (Wildman–Crippen LogP) is 1.16. The molecule has 2 N–H and O–H groups in total. The first-order valence-electron chi connectivity index (χ1n) is 5.83. The van der Waals surface area contributed by atoms with Crippen molar-refractivity contribution in [2.45, 2.75) is 19.4 Å². The van der Waals surface area contributed by atoms with Gasteiger partial charge in [0.25, 0.3) is 5.91 Å². The molecule has 0 aliphatic carbocycles. The Hall–Kier alpha value is -1.61. The zero-order valence-corrected chi connectivity index (χ0v) is 12.4. The van der Waals surface area contributed by atoms with Crippen molar-refractivity contribution < 1.29 is 26.4 Å². The van der Waals surface area contributed by atoms with Crippen molar-refractivity contribution >= 4 is 15.9 Å². The molecule has 0 spiro atoms. The van der Waals surface area contributed by atoms with E-state index in [0.717, 1.165) is 6.26 Å². The van der Waals surface area contributed by atoms with E-state index >= 15 is 0 Å². The Labute approximate surface area is 120 Å². The summed E-state index contributed by atoms with van der Waals surface area (Å²) < 4.78 is 63.3. The van der Waals surface area contributed by atoms with Crippen LogP contribution in [0.3, 0.4) is 0 Å². The highest BCUT2D eigenvalue weighted by Gasteiger charge is 2.23. The molecule has 5 nitrogen and oxygen atoms in total. The van der Waals surface area contributed by atoms with E-state index in [2.05, 4.69) is 10.0 Å². The molecule has 1 rings (SSSR count). The van der Waals surface area contributed by atoms with E-state index in [1.165, 1.54) is 13.8 Å². The standard InChI is InChI=1S/C12H15F3N2O3S/c1-12(2,17-21(3,19)20)6-16-11(18)7-4-8(13)10(15)9(14)5-7/h4-5,17H,6H2,1-3H3,(H,16,18). The van der Waals surface area contributed by atoms with Crippen LogP contribution >= 0.6 is 0 Å². The predicted molar refractivity (Wildman–Crippen MR) is 70.7 cm³/mol. The van der Waals surface area contributed by atoms with Crippen molar-refractivity contribution in [1.29, 1.82) is 0 Å². The molecule has 0 aliphatic rings. The Morgan fingerprint density at radius 3 is 2.10 bits per heavy atom. The van der Waals surface area contributed by atoms with Crippen LogP contribution in [0.2, 0.25) is 0 Å². The zero-order valence-electron chi connectivity index (χ0n) is 11.6. The molecule has 0 aliphatic heterocycles. The molecule has 118 valence electrons. The van der Waals surface area contributed by atoms with Crippen molar-refractivity contribution in [2.24, 2.45) is 0 Å². The van der Waals surface area contributed by atoms with Gasteiger partial charge >= 0.3 is 0 Å². The molecule has 9 heteroatoms. The van der Waals surface area contributed by atoms with Gasteiger partial charge in [0.2, 0.25) is 10.0 Å². The highest BCUT2D eigenvalue weighted by molar-refractivity contribution is 7.88. The Bertz CT molecular complexity index is 637. The second kappa shape index (κ2) is 6.02. The van der Waals surface area contributed by atoms with E-state index in [0.29, 0.717) is 12.1 Å². The normalized spacial score (nSPS) is 12.3. The lowest BCUT2D eigenvalue weighted by atomic mass is 10.1. The Morgan fingerprint density at radius 1 is 1.19 bits per heavy atom. The molecule has 0 atom stereocenters. The second-order valence-electron chi connectivity index (χ2n) is 5.19. The maximum absolute atomic E-state index is 13.0. The minimum atomic E-state index is -3.48. The highest BCUT2D eigenvalue weighted by Crippen LogP contribution is 2.13. The Morgan fingerprint density at radius 2 is 1.67 bits per heavy atom. The molecule has 1 aromatic carbocycles. The molecule has 1 amide bonds. The number of amides is 1. The van der Waals surface area contributed by atoms with E-state index in [-0.39, 0.29) is 6.54 Å². The van der Waals surface area contributed by atoms with E-state index in [4.69, 9.17) is 0 Å². The van der Waals surface area contributed by atoms with Crippen LogP contribution in [0.25, 0.3) is 0 Å². The summed E-state index contributed by atoms with van der Waals surface area (Å²) in [5.74, 6) is -5.47. The topological polar surface area (TPSA) is 75.3 Å². The summed E-state index contributed by atoms with van der Waals surface area (Å²) in [6, 6.07) is 1.12. The fraction of sp³-hybridized carbons (Fsp3) is 0.417. The lowest BCUT2D eigenvalue weighted by molar-refractivity contribution is 0.0943. The van der Waals surface area contributed by atoms with Crippen molar-refractivity contribution in [1.82, 2.24) is 10.0 Å². The van der Waals surface area contributed by atoms with Gasteiger partial charge in [-0.2, -0.15) is 0 Å². The molecule has 21 heavy (non-hydrogen) atoms. The average Bonchev–Trinajstić information content (AvgIpc) is 2.29. The lowest BCUT2D eigenvalue weighted by Gasteiger charge is -2.25. The molecule has 0 fully saturated rings. The summed E-state index contributed by atoms with van der Waals surface area (Å²) in [5.41, 5.74) is -1.40. The van der Waals surface area contributed by atoms with Gasteiger partial charge in [0.05, 0.1) is 6.26 Å². The van der Waals surface area contributed by atoms with Crippen molar-refractivity contribution in [2.75, 3.05) is 12.8 Å². The molecular weight excluding hydrogens is 309 g/mol. The molecule has 1 aromatic rings. The molecule has 0 bridgehead atoms. The molecule has 0 unspecified atom stereocenters. The smallest absolute Gasteiger partial charge is 0.251 e. The third-order valence-corrected chi connectivity index (χ3v) is 3.32. The number of hydrogen-bond acceptors (Lipinski definition) is 3. The molecule has 0 radical (unpaired) electrons. The first-order valence-corrected chi connectivity index (χ1v) is 7.72. The number of rotatable bonds is 5. The number of benzene rings is 1. The van der Waals surface area contributed by atoms with Crippen LogP contribution in [-0.2, 0) is 10.0 Å². The number of halogens is 3. The summed E-state index contributed by atoms with van der Waals surface area (Å²) in [7, 11) is -3.48. The minimum absolute atomic E-state index is 0.125. The highest BCUT2D eigenvalue weighted by atomic mass is 32.2. The van der Waals surface area contributed by atoms with Crippen LogP contribution in [0.4, 0.5) is 13.2 Å². The monoisotopic (exact) mass is 324 g/mol. The van der Waals surface area contributed by atoms with Gasteiger partial charge in [0.15, 0.2) is 17.5 Å². The van der Waals surface area contributed by atoms with Gasteiger partial charge in [-0.25, -0.2) is 26.3 Å². The summed E-state index contributed by atoms with van der Waals surface area (Å²) in [6.45, 7) is 2.90. The van der Waals surface area contributed by atoms with E-state index in [9.17, 15) is 26.4 Å². The number of sulfonamides is 1. The maximum Gasteiger partial charge on any atom is 0.251 e. The van der Waals surface area contributed by atoms with Crippen LogP contribution in [0.5, 0.6) is 0 Å². The van der Waals surface area contributed by atoms with Crippen LogP contribution in [0.1, 0.15) is 24.2 Å². The van der Waals surface area contributed by atoms with Gasteiger partial charge in [-0.15, -0.1) is 0 Å². The second-order valence-corrected chi connectivity index (χ2v) is 6.94. The van der Waals surface area contributed by atoms with Crippen molar-refractivity contribution in [3.05, 3.63) is 35.1 Å². The number of carbonyl (C=O) groups excluding carboxylic acids is 1. The largest absolute Gasteiger partial charge is 0.350 e. The van der Waals surface area contributed by atoms with Gasteiger partial charge in [-0.1, -0.05) is 0 Å². The maximum atomic E-state index is 13.0. The van der Waals surface area contributed by atoms with Crippen LogP contribution in [-0.4, -0.2) is 32.7 Å². The molecule has 0 saturated carbocycles. The fourth-order valence-electron chi connectivity index (χ4n) is 1.63. The third kappa shape index (κ3) is 5.35. The van der Waals surface area contributed by atoms with Gasteiger partial charge in [0, 0.05) is 17.6 Å². The average molecular weight is 324 g/mol. The van der Waals surface area contributed by atoms with Gasteiger partial charge < -0.3 is 5.32 Å². The first kappa shape index (κ1) is 17.4. The summed E-state index contributed by atoms with van der Waals surface area (Å²) >= 11 is 0. The van der Waals surface area contributed by atoms with Crippen LogP contribution in [0, 0.1) is 17.5 Å². The van der Waals surface area contributed by atoms with E-state index in [1.54, 1.807) is 0 Å². The Balaban J connectivity index is 2.79. The zero-order chi connectivity index (χ0) is 16.4. The molecule has 0 saturated heterocycles. The van der Waals surface area contributed by atoms with Crippen LogP contribution in [0.15, 0.2) is 12.1 Å². The Kier molecular flexibility index (Phi) is 5.00. The van der Waals surface area contributed by atoms with Gasteiger partial charge in [-0.3, -0.25) is 4.79 Å². The third-order valence-electron chi connectivity index (χ3n) is 2.40. The van der Waals surface area contributed by atoms with E-state index < -0.39 is 44.5 Å². The summed E-state index contributed by atoms with van der Waals surface area (Å²) in [6.07, 6.45) is 0.960. The van der Waals surface area contributed by atoms with Gasteiger partial charge in [-0.05, 0) is 26.0 Å². The molecular formula is C12H15F3N2O3S. The minimum Gasteiger partial charge on any atom is -0.350 e. The van der Waals surface area contributed by atoms with E-state index in [1.807, 2.05) is 0 Å². The fourth-order valence-corrected chi connectivity index (χ4v) is 2.70. The lowest BCUT2D eigenvalue weighted by Crippen LogP contribution is -2.51. The number of hydrogen-bond donors (Lipinski definition) is 2. The van der Waals surface area contributed by atoms with Crippen molar-refractivity contribution in [3.8, 4) is 0 Å². The number of nitrogens with one attached hydrogen (secondary N) is 2. The number of carbonyl (C=O) groups is 1. The van der Waals surface area contributed by atoms with Crippen molar-refractivity contribution in [3.63, 3.8) is 0 Å².